The molecular weight excluding hydrogens is 430 g/mol. The molecule has 0 unspecified atom stereocenters. The van der Waals surface area contributed by atoms with Gasteiger partial charge in [0.25, 0.3) is 0 Å². The van der Waals surface area contributed by atoms with E-state index in [0.717, 1.165) is 4.48 Å². The monoisotopic (exact) mass is 476 g/mol. The van der Waals surface area contributed by atoms with Crippen LogP contribution < -0.4 is 6.15 Å². The molecule has 0 aromatic heterocycles. The molecule has 12 heteroatoms. The van der Waals surface area contributed by atoms with E-state index in [1.807, 2.05) is 0 Å². The predicted octanol–water partition coefficient (Wildman–Crippen LogP) is 9.15. The van der Waals surface area contributed by atoms with Crippen molar-refractivity contribution in [2.45, 2.75) is 96.8 Å². The highest BCUT2D eigenvalue weighted by atomic mass is 19.5. The van der Waals surface area contributed by atoms with Gasteiger partial charge in [-0.1, -0.05) is 84.0 Å². The maximum Gasteiger partial charge on any atom is 0.673 e. The van der Waals surface area contributed by atoms with Gasteiger partial charge in [-0.2, -0.15) is 0 Å². The molecule has 0 aliphatic carbocycles. The zero-order valence-corrected chi connectivity index (χ0v) is 20.2. The Bertz CT molecular complexity index is 325. The molecule has 0 spiro atoms. The van der Waals surface area contributed by atoms with Crippen LogP contribution in [0, 0.1) is 0 Å². The number of rotatable bonds is 15. The summed E-state index contributed by atoms with van der Waals surface area (Å²) in [5.41, 5.74) is 0. The van der Waals surface area contributed by atoms with Crippen LogP contribution in [0.2, 0.25) is 0 Å². The second-order valence-electron chi connectivity index (χ2n) is 8.60. The molecule has 0 aromatic rings. The molecular formula is C19H46B2F8N2. The Kier molecular flexibility index (Phi) is 27.6. The molecule has 31 heavy (non-hydrogen) atoms. The number of quaternary nitrogens is 2. The van der Waals surface area contributed by atoms with Gasteiger partial charge in [-0.05, 0) is 12.8 Å². The summed E-state index contributed by atoms with van der Waals surface area (Å²) >= 11 is 0. The van der Waals surface area contributed by atoms with Crippen LogP contribution >= 0.6 is 0 Å². The van der Waals surface area contributed by atoms with E-state index in [0.29, 0.717) is 0 Å². The largest absolute Gasteiger partial charge is 0.673 e. The average Bonchev–Trinajstić information content (AvgIpc) is 2.51. The van der Waals surface area contributed by atoms with E-state index in [9.17, 15) is 34.5 Å². The highest BCUT2D eigenvalue weighted by Crippen LogP contribution is 2.13. The van der Waals surface area contributed by atoms with Crippen LogP contribution in [0.25, 0.3) is 0 Å². The topological polar surface area (TPSA) is 36.5 Å². The van der Waals surface area contributed by atoms with Crippen LogP contribution in [-0.2, 0) is 0 Å². The first-order valence-corrected chi connectivity index (χ1v) is 11.1. The fourth-order valence-corrected chi connectivity index (χ4v) is 2.78. The molecule has 0 bridgehead atoms. The molecule has 2 nitrogen and oxygen atoms in total. The van der Waals surface area contributed by atoms with E-state index in [2.05, 4.69) is 28.1 Å². The SMILES string of the molecule is CCCCCCCCCCCCCCCC[N+](C)(C)C.F[B-](F)(F)F.F[B-](F)(F)F.[NH4+]. The van der Waals surface area contributed by atoms with Gasteiger partial charge in [0.2, 0.25) is 0 Å². The van der Waals surface area contributed by atoms with Crippen LogP contribution in [0.4, 0.5) is 34.5 Å². The minimum absolute atomic E-state index is 0. The van der Waals surface area contributed by atoms with Crippen LogP contribution in [0.15, 0.2) is 0 Å². The van der Waals surface area contributed by atoms with Gasteiger partial charge in [0.05, 0.1) is 27.7 Å². The van der Waals surface area contributed by atoms with E-state index in [-0.39, 0.29) is 6.15 Å². The van der Waals surface area contributed by atoms with Crippen molar-refractivity contribution in [3.05, 3.63) is 0 Å². The molecule has 0 rings (SSSR count). The average molecular weight is 476 g/mol. The zero-order valence-electron chi connectivity index (χ0n) is 20.2. The van der Waals surface area contributed by atoms with Crippen LogP contribution in [0.5, 0.6) is 0 Å². The fourth-order valence-electron chi connectivity index (χ4n) is 2.78. The molecule has 0 aliphatic heterocycles. The van der Waals surface area contributed by atoms with E-state index < -0.39 is 14.5 Å². The molecule has 194 valence electrons. The summed E-state index contributed by atoms with van der Waals surface area (Å²) in [6.45, 7) is 3.63. The first-order chi connectivity index (χ1) is 13.6. The summed E-state index contributed by atoms with van der Waals surface area (Å²) in [5.74, 6) is 0. The first kappa shape index (κ1) is 37.8. The van der Waals surface area contributed by atoms with Gasteiger partial charge >= 0.3 is 14.5 Å². The summed E-state index contributed by atoms with van der Waals surface area (Å²) in [5, 5.41) is 0. The van der Waals surface area contributed by atoms with Crippen molar-refractivity contribution in [3.63, 3.8) is 0 Å². The number of halogens is 8. The highest BCUT2D eigenvalue weighted by Gasteiger charge is 2.21. The van der Waals surface area contributed by atoms with Crippen molar-refractivity contribution in [1.82, 2.24) is 6.15 Å². The van der Waals surface area contributed by atoms with Crippen molar-refractivity contribution in [1.29, 1.82) is 0 Å². The number of nitrogens with zero attached hydrogens (tertiary/aromatic N) is 1. The summed E-state index contributed by atoms with van der Waals surface area (Å²) in [6, 6.07) is 0. The lowest BCUT2D eigenvalue weighted by molar-refractivity contribution is -0.870. The number of unbranched alkanes of at least 4 members (excludes halogenated alkanes) is 13. The third kappa shape index (κ3) is 82.0. The summed E-state index contributed by atoms with van der Waals surface area (Å²) in [4.78, 5) is 0. The summed E-state index contributed by atoms with van der Waals surface area (Å²) in [6.07, 6.45) is 20.4. The number of hydrogen-bond acceptors (Lipinski definition) is 0. The molecule has 0 fully saturated rings. The van der Waals surface area contributed by atoms with Gasteiger partial charge < -0.3 is 45.2 Å². The third-order valence-corrected chi connectivity index (χ3v) is 4.18. The van der Waals surface area contributed by atoms with Crippen molar-refractivity contribution in [2.75, 3.05) is 27.7 Å². The number of hydrogen-bond donors (Lipinski definition) is 1. The second kappa shape index (κ2) is 22.7. The molecule has 0 heterocycles. The van der Waals surface area contributed by atoms with Gasteiger partial charge in [0.15, 0.2) is 0 Å². The normalized spacial score (nSPS) is 11.6. The highest BCUT2D eigenvalue weighted by molar-refractivity contribution is 6.50. The van der Waals surface area contributed by atoms with Gasteiger partial charge in [-0.25, -0.2) is 0 Å². The minimum atomic E-state index is -6.00. The summed E-state index contributed by atoms with van der Waals surface area (Å²) in [7, 11) is -5.12. The van der Waals surface area contributed by atoms with E-state index in [4.69, 9.17) is 0 Å². The lowest BCUT2D eigenvalue weighted by Crippen LogP contribution is -2.35. The standard InChI is InChI=1S/C19H42N.2BF4.H3N/c1-5-6-7-8-9-10-11-12-13-14-15-16-17-18-19-20(2,3)4;2*2-1(3,4)5;/h5-19H2,1-4H3;;;1H3/q+1;2*-1;/p+1. The van der Waals surface area contributed by atoms with Crippen LogP contribution in [0.3, 0.4) is 0 Å². The zero-order chi connectivity index (χ0) is 24.1. The molecule has 0 atom stereocenters. The molecule has 0 aromatic carbocycles. The Morgan fingerprint density at radius 2 is 0.645 bits per heavy atom. The van der Waals surface area contributed by atoms with Gasteiger partial charge in [-0.15, -0.1) is 0 Å². The third-order valence-electron chi connectivity index (χ3n) is 4.18. The Labute approximate surface area is 184 Å². The summed E-state index contributed by atoms with van der Waals surface area (Å²) < 4.78 is 79.1. The lowest BCUT2D eigenvalue weighted by Gasteiger charge is -2.23. The van der Waals surface area contributed by atoms with E-state index in [1.54, 1.807) is 0 Å². The van der Waals surface area contributed by atoms with Crippen LogP contribution in [0.1, 0.15) is 96.8 Å². The Morgan fingerprint density at radius 1 is 0.452 bits per heavy atom. The Balaban J connectivity index is -0.000000275. The Morgan fingerprint density at radius 3 is 0.839 bits per heavy atom. The van der Waals surface area contributed by atoms with Crippen molar-refractivity contribution in [2.24, 2.45) is 0 Å². The molecule has 0 radical (unpaired) electrons. The molecule has 0 aliphatic rings. The molecule has 0 saturated carbocycles. The van der Waals surface area contributed by atoms with Gasteiger partial charge in [0.1, 0.15) is 0 Å². The molecule has 0 amide bonds. The van der Waals surface area contributed by atoms with Gasteiger partial charge in [0, 0.05) is 0 Å². The first-order valence-electron chi connectivity index (χ1n) is 11.1. The molecule has 0 saturated heterocycles. The molecule has 4 N–H and O–H groups in total. The lowest BCUT2D eigenvalue weighted by atomic mass is 10.0. The van der Waals surface area contributed by atoms with Crippen LogP contribution in [-0.4, -0.2) is 46.7 Å². The van der Waals surface area contributed by atoms with E-state index >= 15 is 0 Å². The minimum Gasteiger partial charge on any atom is -0.418 e. The quantitative estimate of drug-likeness (QED) is 0.106. The van der Waals surface area contributed by atoms with Crippen molar-refractivity contribution < 1.29 is 39.0 Å². The Hall–Kier alpha value is -0.510. The second-order valence-corrected chi connectivity index (χ2v) is 8.60. The smallest absolute Gasteiger partial charge is 0.418 e. The fraction of sp³-hybridized carbons (Fsp3) is 1.00. The van der Waals surface area contributed by atoms with Crippen molar-refractivity contribution >= 4 is 14.5 Å². The maximum atomic E-state index is 9.75. The maximum absolute atomic E-state index is 9.75. The van der Waals surface area contributed by atoms with E-state index in [1.165, 1.54) is 96.4 Å². The van der Waals surface area contributed by atoms with Crippen molar-refractivity contribution in [3.8, 4) is 0 Å². The predicted molar refractivity (Wildman–Crippen MR) is 120 cm³/mol. The van der Waals surface area contributed by atoms with Gasteiger partial charge in [-0.3, -0.25) is 0 Å².